The van der Waals surface area contributed by atoms with Gasteiger partial charge in [0.05, 0.1) is 0 Å². The molecule has 0 rings (SSSR count). The van der Waals surface area contributed by atoms with Crippen LogP contribution in [-0.4, -0.2) is 17.9 Å². The molecule has 0 aliphatic heterocycles. The van der Waals surface area contributed by atoms with Gasteiger partial charge in [-0.2, -0.15) is 4.99 Å². The lowest BCUT2D eigenvalue weighted by Gasteiger charge is -1.96. The predicted octanol–water partition coefficient (Wildman–Crippen LogP) is -0.848. The van der Waals surface area contributed by atoms with Gasteiger partial charge in [-0.1, -0.05) is 0 Å². The Kier molecular flexibility index (Phi) is 2.89. The zero-order valence-corrected chi connectivity index (χ0v) is 5.42. The Morgan fingerprint density at radius 2 is 1.90 bits per heavy atom. The van der Waals surface area contributed by atoms with Crippen LogP contribution in [0.3, 0.4) is 0 Å². The fourth-order valence-electron chi connectivity index (χ4n) is 0.372. The van der Waals surface area contributed by atoms with Crippen LogP contribution in [0.5, 0.6) is 0 Å². The molecule has 0 aliphatic carbocycles. The quantitative estimate of drug-likeness (QED) is 0.304. The summed E-state index contributed by atoms with van der Waals surface area (Å²) in [6, 6.07) is -1.64. The number of carbonyl (C=O) groups is 2. The van der Waals surface area contributed by atoms with Gasteiger partial charge in [-0.15, -0.1) is 0 Å². The molecule has 0 aromatic heterocycles. The largest absolute Gasteiger partial charge is 0.351 e. The van der Waals surface area contributed by atoms with Crippen LogP contribution in [0, 0.1) is 0 Å². The zero-order valence-electron chi connectivity index (χ0n) is 5.42. The summed E-state index contributed by atoms with van der Waals surface area (Å²) in [4.78, 5) is 23.3. The van der Waals surface area contributed by atoms with Crippen molar-refractivity contribution < 1.29 is 9.59 Å². The van der Waals surface area contributed by atoms with Gasteiger partial charge in [-0.3, -0.25) is 5.32 Å². The van der Waals surface area contributed by atoms with E-state index in [4.69, 9.17) is 0 Å². The predicted molar refractivity (Wildman–Crippen MR) is 35.4 cm³/mol. The number of nitrogens with two attached hydrogens (primary N) is 2. The van der Waals surface area contributed by atoms with E-state index in [0.29, 0.717) is 0 Å². The van der Waals surface area contributed by atoms with Crippen molar-refractivity contribution in [1.82, 2.24) is 5.32 Å². The molecule has 0 aromatic rings. The van der Waals surface area contributed by atoms with Gasteiger partial charge >= 0.3 is 12.1 Å². The Labute approximate surface area is 57.3 Å². The number of amidine groups is 1. The van der Waals surface area contributed by atoms with Gasteiger partial charge in [0.25, 0.3) is 0 Å². The normalized spacial score (nSPS) is 10.7. The minimum absolute atomic E-state index is 0.0833. The molecule has 56 valence electrons. The van der Waals surface area contributed by atoms with Crippen LogP contribution in [0.25, 0.3) is 0 Å². The monoisotopic (exact) mass is 144 g/mol. The first-order chi connectivity index (χ1) is 4.52. The topological polar surface area (TPSA) is 111 Å². The molecule has 5 N–H and O–H groups in total. The maximum absolute atomic E-state index is 10.1. The fourth-order valence-corrected chi connectivity index (χ4v) is 0.372. The van der Waals surface area contributed by atoms with Gasteiger partial charge in [0.1, 0.15) is 5.84 Å². The Bertz CT molecular complexity index is 186. The lowest BCUT2D eigenvalue weighted by Crippen LogP contribution is -2.34. The second-order valence-electron chi connectivity index (χ2n) is 1.52. The van der Waals surface area contributed by atoms with Gasteiger partial charge in [0.2, 0.25) is 0 Å². The summed E-state index contributed by atoms with van der Waals surface area (Å²) in [5.41, 5.74) is 9.34. The molecular formula is C4H8N4O2. The van der Waals surface area contributed by atoms with Crippen LogP contribution in [0.4, 0.5) is 9.59 Å². The van der Waals surface area contributed by atoms with Crippen LogP contribution in [0.15, 0.2) is 4.99 Å². The van der Waals surface area contributed by atoms with E-state index in [1.807, 2.05) is 0 Å². The average molecular weight is 144 g/mol. The SMILES string of the molecule is CC(=NC(N)=O)NC(N)=O. The number of nitrogens with zero attached hydrogens (tertiary/aromatic N) is 1. The number of primary amides is 2. The van der Waals surface area contributed by atoms with Crippen molar-refractivity contribution in [3.8, 4) is 0 Å². The Morgan fingerprint density at radius 1 is 1.40 bits per heavy atom. The number of nitrogens with one attached hydrogen (secondary N) is 1. The lowest BCUT2D eigenvalue weighted by molar-refractivity contribution is 0.253. The third-order valence-electron chi connectivity index (χ3n) is 0.582. The molecule has 0 atom stereocenters. The minimum atomic E-state index is -0.869. The van der Waals surface area contributed by atoms with Gasteiger partial charge < -0.3 is 11.5 Å². The van der Waals surface area contributed by atoms with Crippen molar-refractivity contribution >= 4 is 17.9 Å². The molecule has 0 saturated heterocycles. The zero-order chi connectivity index (χ0) is 8.15. The number of rotatable bonds is 0. The highest BCUT2D eigenvalue weighted by Gasteiger charge is 1.95. The van der Waals surface area contributed by atoms with E-state index < -0.39 is 12.1 Å². The number of aliphatic imine (C=N–C) groups is 1. The average Bonchev–Trinajstić information content (AvgIpc) is 1.58. The summed E-state index contributed by atoms with van der Waals surface area (Å²) in [6.45, 7) is 1.40. The van der Waals surface area contributed by atoms with Crippen molar-refractivity contribution in [1.29, 1.82) is 0 Å². The number of carbonyl (C=O) groups excluding carboxylic acids is 2. The number of hydrogen-bond donors (Lipinski definition) is 3. The van der Waals surface area contributed by atoms with Crippen molar-refractivity contribution in [3.05, 3.63) is 0 Å². The molecule has 0 heterocycles. The summed E-state index contributed by atoms with van der Waals surface area (Å²) in [5.74, 6) is 0.0833. The van der Waals surface area contributed by atoms with Crippen LogP contribution in [-0.2, 0) is 0 Å². The molecule has 6 nitrogen and oxygen atoms in total. The van der Waals surface area contributed by atoms with Crippen LogP contribution in [0.2, 0.25) is 0 Å². The molecule has 0 bridgehead atoms. The molecule has 10 heavy (non-hydrogen) atoms. The Morgan fingerprint density at radius 3 is 2.20 bits per heavy atom. The van der Waals surface area contributed by atoms with Crippen LogP contribution >= 0.6 is 0 Å². The first-order valence-electron chi connectivity index (χ1n) is 2.43. The van der Waals surface area contributed by atoms with Crippen LogP contribution in [0.1, 0.15) is 6.92 Å². The lowest BCUT2D eigenvalue weighted by atomic mass is 10.6. The van der Waals surface area contributed by atoms with E-state index in [1.165, 1.54) is 6.92 Å². The molecule has 6 heteroatoms. The van der Waals surface area contributed by atoms with Crippen molar-refractivity contribution in [2.75, 3.05) is 0 Å². The third-order valence-corrected chi connectivity index (χ3v) is 0.582. The summed E-state index contributed by atoms with van der Waals surface area (Å²) in [6.07, 6.45) is 0. The summed E-state index contributed by atoms with van der Waals surface area (Å²) in [7, 11) is 0. The Hall–Kier alpha value is -1.59. The summed E-state index contributed by atoms with van der Waals surface area (Å²) < 4.78 is 0. The molecular weight excluding hydrogens is 136 g/mol. The maximum atomic E-state index is 10.1. The Balaban J connectivity index is 3.95. The first kappa shape index (κ1) is 8.41. The third kappa shape index (κ3) is 4.57. The highest BCUT2D eigenvalue weighted by Crippen LogP contribution is 1.71. The van der Waals surface area contributed by atoms with Gasteiger partial charge in [0.15, 0.2) is 0 Å². The molecule has 0 saturated carbocycles. The fraction of sp³-hybridized carbons (Fsp3) is 0.250. The van der Waals surface area contributed by atoms with E-state index >= 15 is 0 Å². The molecule has 0 unspecified atom stereocenters. The highest BCUT2D eigenvalue weighted by molar-refractivity contribution is 6.00. The van der Waals surface area contributed by atoms with E-state index in [9.17, 15) is 9.59 Å². The van der Waals surface area contributed by atoms with E-state index in [1.54, 1.807) is 0 Å². The minimum Gasteiger partial charge on any atom is -0.351 e. The molecule has 0 spiro atoms. The summed E-state index contributed by atoms with van der Waals surface area (Å²) >= 11 is 0. The molecule has 0 aromatic carbocycles. The van der Waals surface area contributed by atoms with E-state index in [2.05, 4.69) is 21.8 Å². The smallest absolute Gasteiger partial charge is 0.339 e. The molecule has 0 fully saturated rings. The maximum Gasteiger partial charge on any atom is 0.339 e. The first-order valence-corrected chi connectivity index (χ1v) is 2.43. The second kappa shape index (κ2) is 3.44. The molecule has 4 amide bonds. The standard InChI is InChI=1S/C4H8N4O2/c1-2(7-3(5)9)8-4(6)10/h1H3,(H5,5,6,7,8,9,10). The number of amides is 4. The summed E-state index contributed by atoms with van der Waals surface area (Å²) in [5, 5.41) is 2.06. The molecule has 0 aliphatic rings. The van der Waals surface area contributed by atoms with Crippen molar-refractivity contribution in [2.45, 2.75) is 6.92 Å². The van der Waals surface area contributed by atoms with E-state index in [0.717, 1.165) is 0 Å². The van der Waals surface area contributed by atoms with Gasteiger partial charge in [-0.05, 0) is 6.92 Å². The second-order valence-corrected chi connectivity index (χ2v) is 1.52. The van der Waals surface area contributed by atoms with Gasteiger partial charge in [0, 0.05) is 0 Å². The number of hydrogen-bond acceptors (Lipinski definition) is 2. The van der Waals surface area contributed by atoms with E-state index in [-0.39, 0.29) is 5.84 Å². The molecule has 0 radical (unpaired) electrons. The van der Waals surface area contributed by atoms with Crippen molar-refractivity contribution in [2.24, 2.45) is 16.5 Å². The number of urea groups is 2. The van der Waals surface area contributed by atoms with Crippen LogP contribution < -0.4 is 16.8 Å². The highest BCUT2D eigenvalue weighted by atomic mass is 16.2. The van der Waals surface area contributed by atoms with Crippen molar-refractivity contribution in [3.63, 3.8) is 0 Å². The van der Waals surface area contributed by atoms with Gasteiger partial charge in [-0.25, -0.2) is 9.59 Å².